The Hall–Kier alpha value is -2.62. The van der Waals surface area contributed by atoms with E-state index in [2.05, 4.69) is 20.9 Å². The summed E-state index contributed by atoms with van der Waals surface area (Å²) in [4.78, 5) is 29.3. The second kappa shape index (κ2) is 9.25. The summed E-state index contributed by atoms with van der Waals surface area (Å²) in [6.45, 7) is 1.98. The molecule has 1 atom stereocenters. The van der Waals surface area contributed by atoms with Gasteiger partial charge < -0.3 is 16.0 Å². The number of carbonyl (C=O) groups is 2. The third-order valence-corrected chi connectivity index (χ3v) is 5.85. The van der Waals surface area contributed by atoms with Gasteiger partial charge in [-0.3, -0.25) is 9.59 Å². The molecule has 1 aliphatic rings. The minimum Gasteiger partial charge on any atom is -0.348 e. The van der Waals surface area contributed by atoms with E-state index in [1.165, 1.54) is 6.26 Å². The Bertz CT molecular complexity index is 920. The van der Waals surface area contributed by atoms with E-state index >= 15 is 0 Å². The molecule has 8 nitrogen and oxygen atoms in total. The molecule has 2 amide bonds. The van der Waals surface area contributed by atoms with Gasteiger partial charge in [0.15, 0.2) is 4.90 Å². The highest BCUT2D eigenvalue weighted by Crippen LogP contribution is 2.14. The maximum Gasteiger partial charge on any atom is 0.270 e. The fourth-order valence-electron chi connectivity index (χ4n) is 3.05. The molecule has 0 radical (unpaired) electrons. The lowest BCUT2D eigenvalue weighted by molar-refractivity contribution is 0.0923. The molecular formula is C20H25N4O4S+. The predicted molar refractivity (Wildman–Crippen MR) is 110 cm³/mol. The van der Waals surface area contributed by atoms with Crippen LogP contribution in [0, 0.1) is 0 Å². The molecule has 0 saturated carbocycles. The van der Waals surface area contributed by atoms with E-state index in [1.807, 2.05) is 0 Å². The number of aromatic nitrogens is 1. The van der Waals surface area contributed by atoms with Crippen LogP contribution >= 0.6 is 0 Å². The van der Waals surface area contributed by atoms with Gasteiger partial charge in [-0.2, -0.15) is 4.55 Å². The molecule has 29 heavy (non-hydrogen) atoms. The topological polar surface area (TPSA) is 120 Å². The number of carbonyl (C=O) groups excluding carboxylic acids is 2. The third kappa shape index (κ3) is 5.93. The molecule has 9 heteroatoms. The average Bonchev–Trinajstić information content (AvgIpc) is 2.72. The minimum absolute atomic E-state index is 0.114. The van der Waals surface area contributed by atoms with Gasteiger partial charge in [0.1, 0.15) is 17.6 Å². The Morgan fingerprint density at radius 3 is 2.34 bits per heavy atom. The highest BCUT2D eigenvalue weighted by Gasteiger charge is 2.21. The number of nitrogens with zero attached hydrogens (tertiary/aromatic N) is 1. The van der Waals surface area contributed by atoms with Crippen molar-refractivity contribution in [2.24, 2.45) is 0 Å². The van der Waals surface area contributed by atoms with Crippen LogP contribution in [0.1, 0.15) is 39.4 Å². The van der Waals surface area contributed by atoms with Crippen LogP contribution in [0.5, 0.6) is 0 Å². The SMILES string of the molecule is C[S+](=O)(O)c1ccc(CNC(=O)c2cccc(C(=O)NC3CCNCC3)n2)cc1. The van der Waals surface area contributed by atoms with Crippen LogP contribution in [0.4, 0.5) is 0 Å². The van der Waals surface area contributed by atoms with E-state index in [0.717, 1.165) is 31.5 Å². The molecule has 1 saturated heterocycles. The predicted octanol–water partition coefficient (Wildman–Crippen LogP) is 1.45. The van der Waals surface area contributed by atoms with Crippen LogP contribution < -0.4 is 16.0 Å². The summed E-state index contributed by atoms with van der Waals surface area (Å²) in [5, 5.41) is 8.95. The average molecular weight is 418 g/mol. The van der Waals surface area contributed by atoms with Crippen LogP contribution in [0.3, 0.4) is 0 Å². The molecule has 1 aliphatic heterocycles. The van der Waals surface area contributed by atoms with Crippen molar-refractivity contribution in [2.45, 2.75) is 30.3 Å². The van der Waals surface area contributed by atoms with Crippen LogP contribution in [0.25, 0.3) is 0 Å². The number of amides is 2. The van der Waals surface area contributed by atoms with Gasteiger partial charge in [0.2, 0.25) is 10.2 Å². The number of benzene rings is 1. The third-order valence-electron chi connectivity index (χ3n) is 4.70. The number of nitrogens with one attached hydrogen (secondary N) is 3. The maximum absolute atomic E-state index is 12.4. The lowest BCUT2D eigenvalue weighted by Gasteiger charge is -2.23. The zero-order chi connectivity index (χ0) is 20.9. The first-order chi connectivity index (χ1) is 13.8. The zero-order valence-electron chi connectivity index (χ0n) is 16.2. The smallest absolute Gasteiger partial charge is 0.270 e. The van der Waals surface area contributed by atoms with Crippen molar-refractivity contribution in [1.29, 1.82) is 0 Å². The van der Waals surface area contributed by atoms with Gasteiger partial charge in [0.05, 0.1) is 0 Å². The van der Waals surface area contributed by atoms with Crippen molar-refractivity contribution in [2.75, 3.05) is 19.3 Å². The maximum atomic E-state index is 12.4. The van der Waals surface area contributed by atoms with E-state index in [1.54, 1.807) is 42.5 Å². The van der Waals surface area contributed by atoms with Crippen molar-refractivity contribution < 1.29 is 18.4 Å². The van der Waals surface area contributed by atoms with E-state index in [4.69, 9.17) is 0 Å². The van der Waals surface area contributed by atoms with E-state index < -0.39 is 16.1 Å². The normalized spacial score (nSPS) is 16.6. The molecule has 0 aliphatic carbocycles. The summed E-state index contributed by atoms with van der Waals surface area (Å²) in [6, 6.07) is 11.4. The van der Waals surface area contributed by atoms with Gasteiger partial charge in [-0.1, -0.05) is 22.4 Å². The molecule has 2 heterocycles. The highest BCUT2D eigenvalue weighted by molar-refractivity contribution is 7.97. The standard InChI is InChI=1S/C20H24N4O4S/c1-29(27,28)16-7-5-14(6-8-16)13-22-19(25)17-3-2-4-18(24-17)20(26)23-15-9-11-21-12-10-15/h2-8,15,21H,9-13H2,1H3,(H2-,22,23,25,26,27,28)/p+1. The number of pyridine rings is 1. The van der Waals surface area contributed by atoms with E-state index in [-0.39, 0.29) is 29.9 Å². The van der Waals surface area contributed by atoms with Crippen LogP contribution in [0.2, 0.25) is 0 Å². The Morgan fingerprint density at radius 1 is 1.10 bits per heavy atom. The molecule has 1 unspecified atom stereocenters. The zero-order valence-corrected chi connectivity index (χ0v) is 17.0. The number of hydrogen-bond donors (Lipinski definition) is 4. The van der Waals surface area contributed by atoms with Gasteiger partial charge in [-0.05, 0) is 55.8 Å². The fraction of sp³-hybridized carbons (Fsp3) is 0.350. The summed E-state index contributed by atoms with van der Waals surface area (Å²) < 4.78 is 21.1. The molecular weight excluding hydrogens is 392 g/mol. The summed E-state index contributed by atoms with van der Waals surface area (Å²) in [7, 11) is -3.01. The number of rotatable bonds is 6. The van der Waals surface area contributed by atoms with Crippen LogP contribution in [0.15, 0.2) is 47.4 Å². The first-order valence-electron chi connectivity index (χ1n) is 9.40. The monoisotopic (exact) mass is 417 g/mol. The first kappa shape index (κ1) is 21.1. The van der Waals surface area contributed by atoms with Gasteiger partial charge >= 0.3 is 0 Å². The second-order valence-electron chi connectivity index (χ2n) is 7.03. The lowest BCUT2D eigenvalue weighted by Crippen LogP contribution is -2.43. The van der Waals surface area contributed by atoms with Gasteiger partial charge in [0, 0.05) is 12.6 Å². The fourth-order valence-corrected chi connectivity index (χ4v) is 3.69. The Labute approximate surface area is 170 Å². The molecule has 1 fully saturated rings. The van der Waals surface area contributed by atoms with Crippen molar-refractivity contribution in [1.82, 2.24) is 20.9 Å². The van der Waals surface area contributed by atoms with Gasteiger partial charge in [-0.15, -0.1) is 0 Å². The Balaban J connectivity index is 1.58. The molecule has 0 spiro atoms. The highest BCUT2D eigenvalue weighted by atomic mass is 32.3. The molecule has 1 aromatic heterocycles. The summed E-state index contributed by atoms with van der Waals surface area (Å²) >= 11 is 0. The molecule has 4 N–H and O–H groups in total. The molecule has 2 aromatic rings. The molecule has 3 rings (SSSR count). The van der Waals surface area contributed by atoms with Crippen molar-refractivity contribution >= 4 is 22.0 Å². The van der Waals surface area contributed by atoms with Crippen LogP contribution in [-0.4, -0.2) is 46.7 Å². The Kier molecular flexibility index (Phi) is 6.73. The van der Waals surface area contributed by atoms with Crippen molar-refractivity contribution in [3.05, 3.63) is 59.4 Å². The second-order valence-corrected chi connectivity index (χ2v) is 9.11. The molecule has 0 bridgehead atoms. The quantitative estimate of drug-likeness (QED) is 0.528. The first-order valence-corrected chi connectivity index (χ1v) is 11.3. The van der Waals surface area contributed by atoms with Gasteiger partial charge in [0.25, 0.3) is 11.8 Å². The molecule has 154 valence electrons. The lowest BCUT2D eigenvalue weighted by atomic mass is 10.1. The Morgan fingerprint density at radius 2 is 1.72 bits per heavy atom. The van der Waals surface area contributed by atoms with E-state index in [9.17, 15) is 18.4 Å². The number of piperidine rings is 1. The van der Waals surface area contributed by atoms with Crippen LogP contribution in [-0.2, 0) is 21.0 Å². The van der Waals surface area contributed by atoms with Gasteiger partial charge in [-0.25, -0.2) is 4.98 Å². The minimum atomic E-state index is -3.01. The van der Waals surface area contributed by atoms with Crippen molar-refractivity contribution in [3.63, 3.8) is 0 Å². The number of hydrogen-bond acceptors (Lipinski definition) is 5. The summed E-state index contributed by atoms with van der Waals surface area (Å²) in [5.74, 6) is -0.679. The molecule has 1 aromatic carbocycles. The summed E-state index contributed by atoms with van der Waals surface area (Å²) in [6.07, 6.45) is 2.99. The largest absolute Gasteiger partial charge is 0.348 e. The van der Waals surface area contributed by atoms with E-state index in [0.29, 0.717) is 4.90 Å². The summed E-state index contributed by atoms with van der Waals surface area (Å²) in [5.41, 5.74) is 1.15. The van der Waals surface area contributed by atoms with Crippen molar-refractivity contribution in [3.8, 4) is 0 Å².